The number of fused-ring (bicyclic) bond motifs is 3. The van der Waals surface area contributed by atoms with Crippen LogP contribution in [0.25, 0.3) is 11.2 Å². The van der Waals surface area contributed by atoms with Gasteiger partial charge in [0.2, 0.25) is 5.95 Å². The number of hydrogen-bond donors (Lipinski definition) is 0. The van der Waals surface area contributed by atoms with Crippen LogP contribution in [0.4, 0.5) is 5.95 Å². The molecule has 0 atom stereocenters. The number of benzene rings is 1. The largest absolute Gasteiger partial charge is 0.332 e. The molecule has 0 saturated heterocycles. The summed E-state index contributed by atoms with van der Waals surface area (Å²) in [5.41, 5.74) is 3.27. The van der Waals surface area contributed by atoms with E-state index in [1.807, 2.05) is 36.6 Å². The number of nitrogens with zero attached hydrogens (tertiary/aromatic N) is 6. The lowest BCUT2D eigenvalue weighted by atomic mass is 10.1. The predicted molar refractivity (Wildman–Crippen MR) is 115 cm³/mol. The molecule has 0 saturated carbocycles. The Balaban J connectivity index is 1.92. The van der Waals surface area contributed by atoms with Gasteiger partial charge in [0.05, 0.1) is 18.8 Å². The van der Waals surface area contributed by atoms with Crippen LogP contribution in [0.15, 0.2) is 51.1 Å². The maximum atomic E-state index is 13.2. The minimum atomic E-state index is -0.376. The third-order valence-corrected chi connectivity index (χ3v) is 5.23. The monoisotopic (exact) mass is 392 g/mol. The standard InChI is InChI=1S/C21H24N6O2/c1-5-6-11-25-19(28)17-18(24(4)21(25)29)22-20-26(17)12-15(3)23-27(20)13-16-10-8-7-9-14(16)2/h5-10H,11-13H2,1-4H3. The maximum Gasteiger partial charge on any atom is 0.332 e. The number of aromatic nitrogens is 4. The van der Waals surface area contributed by atoms with Crippen LogP contribution in [0.3, 0.4) is 0 Å². The summed E-state index contributed by atoms with van der Waals surface area (Å²) >= 11 is 0. The van der Waals surface area contributed by atoms with Gasteiger partial charge in [-0.3, -0.25) is 18.5 Å². The smallest absolute Gasteiger partial charge is 0.297 e. The average molecular weight is 392 g/mol. The first kappa shape index (κ1) is 18.9. The molecule has 0 fully saturated rings. The van der Waals surface area contributed by atoms with E-state index in [-0.39, 0.29) is 17.8 Å². The molecule has 29 heavy (non-hydrogen) atoms. The molecule has 0 unspecified atom stereocenters. The highest BCUT2D eigenvalue weighted by atomic mass is 16.2. The molecule has 8 heteroatoms. The Kier molecular flexibility index (Phi) is 4.70. The zero-order valence-electron chi connectivity index (χ0n) is 17.1. The summed E-state index contributed by atoms with van der Waals surface area (Å²) < 4.78 is 4.54. The van der Waals surface area contributed by atoms with Crippen molar-refractivity contribution in [1.82, 2.24) is 18.7 Å². The molecule has 3 aromatic rings. The molecule has 1 aromatic carbocycles. The van der Waals surface area contributed by atoms with E-state index in [0.29, 0.717) is 30.2 Å². The van der Waals surface area contributed by atoms with Crippen molar-refractivity contribution in [3.8, 4) is 0 Å². The Hall–Kier alpha value is -3.42. The van der Waals surface area contributed by atoms with Crippen molar-refractivity contribution < 1.29 is 0 Å². The Labute approximate surface area is 168 Å². The van der Waals surface area contributed by atoms with E-state index in [9.17, 15) is 9.59 Å². The van der Waals surface area contributed by atoms with Crippen LogP contribution in [0.5, 0.6) is 0 Å². The molecule has 2 aromatic heterocycles. The van der Waals surface area contributed by atoms with Gasteiger partial charge in [-0.2, -0.15) is 10.1 Å². The predicted octanol–water partition coefficient (Wildman–Crippen LogP) is 2.18. The zero-order valence-corrected chi connectivity index (χ0v) is 17.1. The van der Waals surface area contributed by atoms with E-state index in [1.165, 1.54) is 9.13 Å². The molecule has 3 heterocycles. The molecule has 8 nitrogen and oxygen atoms in total. The van der Waals surface area contributed by atoms with Crippen molar-refractivity contribution in [2.75, 3.05) is 5.01 Å². The first-order valence-electron chi connectivity index (χ1n) is 9.59. The second kappa shape index (κ2) is 7.20. The number of rotatable bonds is 4. The highest BCUT2D eigenvalue weighted by Gasteiger charge is 2.26. The molecular weight excluding hydrogens is 368 g/mol. The number of anilines is 1. The van der Waals surface area contributed by atoms with Gasteiger partial charge < -0.3 is 0 Å². The summed E-state index contributed by atoms with van der Waals surface area (Å²) in [5, 5.41) is 6.48. The van der Waals surface area contributed by atoms with Gasteiger partial charge in [-0.05, 0) is 31.9 Å². The van der Waals surface area contributed by atoms with Gasteiger partial charge in [0, 0.05) is 13.6 Å². The Morgan fingerprint density at radius 2 is 1.93 bits per heavy atom. The molecule has 0 bridgehead atoms. The molecule has 1 aliphatic heterocycles. The van der Waals surface area contributed by atoms with Crippen molar-refractivity contribution >= 4 is 22.8 Å². The lowest BCUT2D eigenvalue weighted by Gasteiger charge is -2.25. The van der Waals surface area contributed by atoms with Crippen LogP contribution in [-0.2, 0) is 26.7 Å². The van der Waals surface area contributed by atoms with Gasteiger partial charge in [-0.25, -0.2) is 9.80 Å². The van der Waals surface area contributed by atoms with E-state index in [0.717, 1.165) is 16.8 Å². The zero-order chi connectivity index (χ0) is 20.7. The number of imidazole rings is 1. The van der Waals surface area contributed by atoms with Crippen LogP contribution in [0, 0.1) is 6.92 Å². The van der Waals surface area contributed by atoms with Gasteiger partial charge >= 0.3 is 5.69 Å². The second-order valence-electron chi connectivity index (χ2n) is 7.32. The Bertz CT molecular complexity index is 1270. The van der Waals surface area contributed by atoms with E-state index in [2.05, 4.69) is 29.1 Å². The number of allylic oxidation sites excluding steroid dienone is 2. The van der Waals surface area contributed by atoms with Crippen LogP contribution < -0.4 is 16.3 Å². The van der Waals surface area contributed by atoms with E-state index >= 15 is 0 Å². The Morgan fingerprint density at radius 3 is 2.66 bits per heavy atom. The fourth-order valence-corrected chi connectivity index (χ4v) is 3.64. The summed E-state index contributed by atoms with van der Waals surface area (Å²) in [6.45, 7) is 7.08. The van der Waals surface area contributed by atoms with Gasteiger partial charge in [-0.15, -0.1) is 0 Å². The number of aryl methyl sites for hydroxylation is 2. The normalized spacial score (nSPS) is 13.9. The van der Waals surface area contributed by atoms with Crippen LogP contribution in [0.1, 0.15) is 25.0 Å². The van der Waals surface area contributed by atoms with Crippen molar-refractivity contribution in [2.45, 2.75) is 40.4 Å². The van der Waals surface area contributed by atoms with Crippen molar-refractivity contribution in [2.24, 2.45) is 12.1 Å². The fourth-order valence-electron chi connectivity index (χ4n) is 3.64. The van der Waals surface area contributed by atoms with Crippen molar-refractivity contribution in [3.63, 3.8) is 0 Å². The third-order valence-electron chi connectivity index (χ3n) is 5.23. The van der Waals surface area contributed by atoms with E-state index < -0.39 is 0 Å². The molecule has 0 aliphatic carbocycles. The molecule has 0 amide bonds. The van der Waals surface area contributed by atoms with Crippen LogP contribution in [0.2, 0.25) is 0 Å². The minimum Gasteiger partial charge on any atom is -0.297 e. The minimum absolute atomic E-state index is 0.235. The van der Waals surface area contributed by atoms with E-state index in [1.54, 1.807) is 18.1 Å². The molecule has 0 N–H and O–H groups in total. The fraction of sp³-hybridized carbons (Fsp3) is 0.333. The molecule has 0 radical (unpaired) electrons. The first-order chi connectivity index (χ1) is 13.9. The van der Waals surface area contributed by atoms with Crippen LogP contribution >= 0.6 is 0 Å². The molecule has 150 valence electrons. The summed E-state index contributed by atoms with van der Waals surface area (Å²) in [5.74, 6) is 0.574. The molecular formula is C21H24N6O2. The van der Waals surface area contributed by atoms with Crippen LogP contribution in [-0.4, -0.2) is 24.4 Å². The first-order valence-corrected chi connectivity index (χ1v) is 9.59. The topological polar surface area (TPSA) is 77.4 Å². The number of hydrogen-bond acceptors (Lipinski definition) is 5. The highest BCUT2D eigenvalue weighted by molar-refractivity contribution is 5.87. The van der Waals surface area contributed by atoms with Crippen molar-refractivity contribution in [3.05, 3.63) is 68.4 Å². The van der Waals surface area contributed by atoms with Gasteiger partial charge in [0.15, 0.2) is 11.2 Å². The lowest BCUT2D eigenvalue weighted by molar-refractivity contribution is 0.662. The molecule has 4 rings (SSSR count). The van der Waals surface area contributed by atoms with Crippen molar-refractivity contribution in [1.29, 1.82) is 0 Å². The Morgan fingerprint density at radius 1 is 1.17 bits per heavy atom. The summed E-state index contributed by atoms with van der Waals surface area (Å²) in [7, 11) is 1.65. The summed E-state index contributed by atoms with van der Waals surface area (Å²) in [4.78, 5) is 30.5. The average Bonchev–Trinajstić information content (AvgIpc) is 3.08. The van der Waals surface area contributed by atoms with Gasteiger partial charge in [0.25, 0.3) is 5.56 Å². The third kappa shape index (κ3) is 3.10. The summed E-state index contributed by atoms with van der Waals surface area (Å²) in [6, 6.07) is 8.11. The number of hydrazone groups is 1. The maximum absolute atomic E-state index is 13.2. The SMILES string of the molecule is CC=CCn1c(=O)c2c(nc3n2CC(C)=NN3Cc2ccccc2C)n(C)c1=O. The molecule has 0 spiro atoms. The van der Waals surface area contributed by atoms with Gasteiger partial charge in [0.1, 0.15) is 0 Å². The quantitative estimate of drug-likeness (QED) is 0.638. The van der Waals surface area contributed by atoms with Gasteiger partial charge in [-0.1, -0.05) is 36.4 Å². The van der Waals surface area contributed by atoms with E-state index in [4.69, 9.17) is 0 Å². The highest BCUT2D eigenvalue weighted by Crippen LogP contribution is 2.25. The lowest BCUT2D eigenvalue weighted by Crippen LogP contribution is -2.39. The summed E-state index contributed by atoms with van der Waals surface area (Å²) in [6.07, 6.45) is 3.61. The molecule has 1 aliphatic rings. The second-order valence-corrected chi connectivity index (χ2v) is 7.32.